The van der Waals surface area contributed by atoms with E-state index in [1.54, 1.807) is 0 Å². The van der Waals surface area contributed by atoms with Crippen molar-refractivity contribution in [3.8, 4) is 0 Å². The van der Waals surface area contributed by atoms with E-state index in [2.05, 4.69) is 61.5 Å². The highest BCUT2D eigenvalue weighted by Crippen LogP contribution is 2.20. The Hall–Kier alpha value is -1.61. The van der Waals surface area contributed by atoms with Gasteiger partial charge in [0.15, 0.2) is 0 Å². The molecule has 0 spiro atoms. The molecular weight excluding hydrogens is 258 g/mol. The lowest BCUT2D eigenvalue weighted by Gasteiger charge is -2.17. The molecule has 0 saturated heterocycles. The van der Waals surface area contributed by atoms with Gasteiger partial charge < -0.3 is 10.3 Å². The summed E-state index contributed by atoms with van der Waals surface area (Å²) in [6, 6.07) is 8.89. The highest BCUT2D eigenvalue weighted by molar-refractivity contribution is 5.25. The standard InChI is InChI=1S/C18H27N3/c1-13(2)9-17(19)18-10-20-12-21(18)11-15-5-7-16(8-6-15)14(3)4/h5-8,10,12-14,17H,9,11,19H2,1-4H3. The molecule has 0 saturated carbocycles. The number of hydrogen-bond acceptors (Lipinski definition) is 2. The molecule has 0 bridgehead atoms. The van der Waals surface area contributed by atoms with Crippen LogP contribution in [0, 0.1) is 5.92 Å². The maximum Gasteiger partial charge on any atom is 0.0951 e. The zero-order chi connectivity index (χ0) is 15.4. The van der Waals surface area contributed by atoms with Crippen LogP contribution in [-0.4, -0.2) is 9.55 Å². The van der Waals surface area contributed by atoms with E-state index in [1.807, 2.05) is 12.5 Å². The van der Waals surface area contributed by atoms with Gasteiger partial charge in [0.2, 0.25) is 0 Å². The fourth-order valence-electron chi connectivity index (χ4n) is 2.61. The monoisotopic (exact) mass is 285 g/mol. The first-order valence-electron chi connectivity index (χ1n) is 7.81. The van der Waals surface area contributed by atoms with Gasteiger partial charge in [-0.25, -0.2) is 4.98 Å². The van der Waals surface area contributed by atoms with Gasteiger partial charge in [0.25, 0.3) is 0 Å². The van der Waals surface area contributed by atoms with Crippen molar-refractivity contribution in [3.63, 3.8) is 0 Å². The molecule has 1 aromatic carbocycles. The van der Waals surface area contributed by atoms with Crippen LogP contribution in [0.3, 0.4) is 0 Å². The lowest BCUT2D eigenvalue weighted by atomic mass is 10.0. The highest BCUT2D eigenvalue weighted by atomic mass is 15.1. The summed E-state index contributed by atoms with van der Waals surface area (Å²) >= 11 is 0. The summed E-state index contributed by atoms with van der Waals surface area (Å²) in [6.45, 7) is 9.66. The summed E-state index contributed by atoms with van der Waals surface area (Å²) in [6.07, 6.45) is 4.76. The first-order valence-corrected chi connectivity index (χ1v) is 7.81. The van der Waals surface area contributed by atoms with Gasteiger partial charge in [-0.15, -0.1) is 0 Å². The second kappa shape index (κ2) is 6.90. The number of benzene rings is 1. The second-order valence-electron chi connectivity index (χ2n) is 6.58. The first kappa shape index (κ1) is 15.8. The van der Waals surface area contributed by atoms with E-state index in [4.69, 9.17) is 5.73 Å². The smallest absolute Gasteiger partial charge is 0.0951 e. The van der Waals surface area contributed by atoms with E-state index in [9.17, 15) is 0 Å². The molecule has 3 heteroatoms. The molecule has 0 amide bonds. The number of imidazole rings is 1. The van der Waals surface area contributed by atoms with Crippen molar-refractivity contribution in [2.75, 3.05) is 0 Å². The number of rotatable bonds is 6. The van der Waals surface area contributed by atoms with Crippen LogP contribution in [0.1, 0.15) is 62.9 Å². The van der Waals surface area contributed by atoms with Crippen LogP contribution in [-0.2, 0) is 6.54 Å². The molecule has 2 aromatic rings. The van der Waals surface area contributed by atoms with E-state index in [1.165, 1.54) is 11.1 Å². The minimum Gasteiger partial charge on any atom is -0.329 e. The predicted octanol–water partition coefficient (Wildman–Crippen LogP) is 4.10. The Morgan fingerprint density at radius 1 is 1.10 bits per heavy atom. The third-order valence-electron chi connectivity index (χ3n) is 3.85. The molecule has 0 aliphatic rings. The molecule has 1 heterocycles. The average molecular weight is 285 g/mol. The molecule has 3 nitrogen and oxygen atoms in total. The van der Waals surface area contributed by atoms with Gasteiger partial charge in [-0.05, 0) is 29.4 Å². The zero-order valence-corrected chi connectivity index (χ0v) is 13.6. The quantitative estimate of drug-likeness (QED) is 0.868. The fraction of sp³-hybridized carbons (Fsp3) is 0.500. The summed E-state index contributed by atoms with van der Waals surface area (Å²) in [5.74, 6) is 1.16. The molecule has 0 aliphatic heterocycles. The average Bonchev–Trinajstić information content (AvgIpc) is 2.86. The van der Waals surface area contributed by atoms with Gasteiger partial charge in [-0.1, -0.05) is 52.0 Å². The van der Waals surface area contributed by atoms with Crippen molar-refractivity contribution in [1.82, 2.24) is 9.55 Å². The molecule has 114 valence electrons. The van der Waals surface area contributed by atoms with E-state index in [-0.39, 0.29) is 6.04 Å². The Bertz CT molecular complexity index is 552. The second-order valence-corrected chi connectivity index (χ2v) is 6.58. The van der Waals surface area contributed by atoms with E-state index >= 15 is 0 Å². The Labute approximate surface area is 128 Å². The molecule has 1 atom stereocenters. The van der Waals surface area contributed by atoms with Crippen LogP contribution in [0.25, 0.3) is 0 Å². The van der Waals surface area contributed by atoms with Crippen LogP contribution in [0.2, 0.25) is 0 Å². The minimum absolute atomic E-state index is 0.0578. The van der Waals surface area contributed by atoms with Crippen LogP contribution >= 0.6 is 0 Å². The SMILES string of the molecule is CC(C)CC(N)c1cncn1Cc1ccc(C(C)C)cc1. The fourth-order valence-corrected chi connectivity index (χ4v) is 2.61. The summed E-state index contributed by atoms with van der Waals surface area (Å²) in [5.41, 5.74) is 10.1. The van der Waals surface area contributed by atoms with Crippen molar-refractivity contribution in [2.24, 2.45) is 11.7 Å². The largest absolute Gasteiger partial charge is 0.329 e. The van der Waals surface area contributed by atoms with Gasteiger partial charge >= 0.3 is 0 Å². The molecular formula is C18H27N3. The van der Waals surface area contributed by atoms with E-state index in [0.29, 0.717) is 11.8 Å². The van der Waals surface area contributed by atoms with Crippen LogP contribution in [0.4, 0.5) is 0 Å². The molecule has 2 rings (SSSR count). The van der Waals surface area contributed by atoms with Crippen molar-refractivity contribution in [3.05, 3.63) is 53.6 Å². The molecule has 21 heavy (non-hydrogen) atoms. The summed E-state index contributed by atoms with van der Waals surface area (Å²) in [4.78, 5) is 4.28. The van der Waals surface area contributed by atoms with Gasteiger partial charge in [0, 0.05) is 18.8 Å². The van der Waals surface area contributed by atoms with Crippen LogP contribution in [0.15, 0.2) is 36.8 Å². The van der Waals surface area contributed by atoms with Crippen molar-refractivity contribution < 1.29 is 0 Å². The lowest BCUT2D eigenvalue weighted by Crippen LogP contribution is -2.17. The summed E-state index contributed by atoms with van der Waals surface area (Å²) in [7, 11) is 0. The van der Waals surface area contributed by atoms with Crippen LogP contribution in [0.5, 0.6) is 0 Å². The summed E-state index contributed by atoms with van der Waals surface area (Å²) < 4.78 is 2.16. The number of nitrogens with two attached hydrogens (primary N) is 1. The number of aromatic nitrogens is 2. The molecule has 1 aromatic heterocycles. The Morgan fingerprint density at radius 2 is 1.76 bits per heavy atom. The normalized spacial score (nSPS) is 13.1. The Morgan fingerprint density at radius 3 is 2.33 bits per heavy atom. The van der Waals surface area contributed by atoms with Crippen molar-refractivity contribution in [2.45, 2.75) is 52.6 Å². The minimum atomic E-state index is 0.0578. The van der Waals surface area contributed by atoms with Crippen LogP contribution < -0.4 is 5.73 Å². The predicted molar refractivity (Wildman–Crippen MR) is 88.2 cm³/mol. The highest BCUT2D eigenvalue weighted by Gasteiger charge is 2.13. The number of nitrogens with zero attached hydrogens (tertiary/aromatic N) is 2. The molecule has 0 radical (unpaired) electrons. The number of hydrogen-bond donors (Lipinski definition) is 1. The third-order valence-corrected chi connectivity index (χ3v) is 3.85. The van der Waals surface area contributed by atoms with E-state index in [0.717, 1.165) is 18.7 Å². The Balaban J connectivity index is 2.11. The Kier molecular flexibility index (Phi) is 5.18. The first-order chi connectivity index (χ1) is 9.97. The third kappa shape index (κ3) is 4.18. The van der Waals surface area contributed by atoms with Gasteiger partial charge in [-0.2, -0.15) is 0 Å². The molecule has 2 N–H and O–H groups in total. The van der Waals surface area contributed by atoms with Crippen molar-refractivity contribution >= 4 is 0 Å². The topological polar surface area (TPSA) is 43.8 Å². The maximum atomic E-state index is 6.30. The van der Waals surface area contributed by atoms with E-state index < -0.39 is 0 Å². The summed E-state index contributed by atoms with van der Waals surface area (Å²) in [5, 5.41) is 0. The zero-order valence-electron chi connectivity index (χ0n) is 13.6. The molecule has 0 aliphatic carbocycles. The molecule has 0 fully saturated rings. The molecule has 1 unspecified atom stereocenters. The maximum absolute atomic E-state index is 6.30. The van der Waals surface area contributed by atoms with Crippen molar-refractivity contribution in [1.29, 1.82) is 0 Å². The van der Waals surface area contributed by atoms with Gasteiger partial charge in [0.1, 0.15) is 0 Å². The van der Waals surface area contributed by atoms with Gasteiger partial charge in [0.05, 0.1) is 12.0 Å². The lowest BCUT2D eigenvalue weighted by molar-refractivity contribution is 0.488. The van der Waals surface area contributed by atoms with Gasteiger partial charge in [-0.3, -0.25) is 0 Å².